The minimum absolute atomic E-state index is 0.177. The molecule has 3 heterocycles. The number of fused-ring (bicyclic) bond motifs is 1. The lowest BCUT2D eigenvalue weighted by Gasteiger charge is -2.17. The number of amides is 1. The van der Waals surface area contributed by atoms with Crippen LogP contribution in [0.3, 0.4) is 0 Å². The van der Waals surface area contributed by atoms with E-state index in [0.29, 0.717) is 17.3 Å². The number of methoxy groups -OCH3 is 1. The molecular formula is C20H23ClIN5O2. The molecule has 9 heteroatoms. The summed E-state index contributed by atoms with van der Waals surface area (Å²) < 4.78 is 8.41. The zero-order chi connectivity index (χ0) is 21.5. The van der Waals surface area contributed by atoms with Gasteiger partial charge in [-0.05, 0) is 47.6 Å². The first-order chi connectivity index (χ1) is 13.5. The lowest BCUT2D eigenvalue weighted by Crippen LogP contribution is -2.28. The van der Waals surface area contributed by atoms with Gasteiger partial charge in [0.2, 0.25) is 11.9 Å². The van der Waals surface area contributed by atoms with E-state index >= 15 is 0 Å². The average molecular weight is 528 g/mol. The number of carbonyl (C=O) groups excluding carboxylic acids is 1. The predicted octanol–water partition coefficient (Wildman–Crippen LogP) is 4.74. The van der Waals surface area contributed by atoms with Gasteiger partial charge in [-0.1, -0.05) is 32.4 Å². The van der Waals surface area contributed by atoms with Crippen molar-refractivity contribution in [1.82, 2.24) is 19.5 Å². The SMILES string of the molecule is COc1c(C)ncc(Cn2cc(I)c3c(Cl)nc(NC(=O)C(C)(C)C)nc32)c1C. The first-order valence-corrected chi connectivity index (χ1v) is 10.5. The summed E-state index contributed by atoms with van der Waals surface area (Å²) in [6.07, 6.45) is 3.81. The number of anilines is 1. The van der Waals surface area contributed by atoms with Crippen LogP contribution in [0.2, 0.25) is 5.15 Å². The van der Waals surface area contributed by atoms with Crippen molar-refractivity contribution in [3.63, 3.8) is 0 Å². The van der Waals surface area contributed by atoms with Gasteiger partial charge in [0, 0.05) is 21.4 Å². The molecule has 1 amide bonds. The highest BCUT2D eigenvalue weighted by atomic mass is 127. The van der Waals surface area contributed by atoms with Crippen LogP contribution in [-0.2, 0) is 11.3 Å². The molecule has 0 unspecified atom stereocenters. The number of nitrogens with zero attached hydrogens (tertiary/aromatic N) is 4. The Morgan fingerprint density at radius 1 is 1.31 bits per heavy atom. The molecule has 1 N–H and O–H groups in total. The molecule has 0 atom stereocenters. The van der Waals surface area contributed by atoms with Gasteiger partial charge < -0.3 is 9.30 Å². The molecule has 0 aliphatic carbocycles. The lowest BCUT2D eigenvalue weighted by molar-refractivity contribution is -0.123. The number of rotatable bonds is 4. The van der Waals surface area contributed by atoms with E-state index in [1.165, 1.54) is 0 Å². The van der Waals surface area contributed by atoms with E-state index in [1.54, 1.807) is 7.11 Å². The summed E-state index contributed by atoms with van der Waals surface area (Å²) in [5.41, 5.74) is 2.97. The molecule has 0 saturated carbocycles. The lowest BCUT2D eigenvalue weighted by atomic mass is 9.96. The van der Waals surface area contributed by atoms with Crippen LogP contribution in [-0.4, -0.2) is 32.5 Å². The van der Waals surface area contributed by atoms with Gasteiger partial charge in [0.1, 0.15) is 16.5 Å². The Kier molecular flexibility index (Phi) is 6.05. The Hall–Kier alpha value is -1.94. The summed E-state index contributed by atoms with van der Waals surface area (Å²) in [5.74, 6) is 0.790. The van der Waals surface area contributed by atoms with Gasteiger partial charge in [0.15, 0.2) is 0 Å². The van der Waals surface area contributed by atoms with Crippen LogP contribution in [0.5, 0.6) is 5.75 Å². The van der Waals surface area contributed by atoms with Crippen molar-refractivity contribution in [2.45, 2.75) is 41.2 Å². The van der Waals surface area contributed by atoms with Gasteiger partial charge in [-0.25, -0.2) is 0 Å². The fraction of sp³-hybridized carbons (Fsp3) is 0.400. The Morgan fingerprint density at radius 3 is 2.62 bits per heavy atom. The summed E-state index contributed by atoms with van der Waals surface area (Å²) >= 11 is 8.64. The van der Waals surface area contributed by atoms with Gasteiger partial charge in [0.05, 0.1) is 24.7 Å². The zero-order valence-corrected chi connectivity index (χ0v) is 20.1. The summed E-state index contributed by atoms with van der Waals surface area (Å²) in [4.78, 5) is 25.6. The Morgan fingerprint density at radius 2 is 2.00 bits per heavy atom. The first kappa shape index (κ1) is 21.8. The molecule has 0 saturated heterocycles. The van der Waals surface area contributed by atoms with E-state index < -0.39 is 5.41 Å². The molecule has 3 rings (SSSR count). The molecule has 0 spiro atoms. The van der Waals surface area contributed by atoms with Crippen molar-refractivity contribution < 1.29 is 9.53 Å². The molecule has 0 aromatic carbocycles. The van der Waals surface area contributed by atoms with E-state index in [2.05, 4.69) is 42.9 Å². The van der Waals surface area contributed by atoms with Gasteiger partial charge in [0.25, 0.3) is 0 Å². The number of aromatic nitrogens is 4. The maximum Gasteiger partial charge on any atom is 0.232 e. The highest BCUT2D eigenvalue weighted by Crippen LogP contribution is 2.31. The standard InChI is InChI=1S/C20H23ClIN5O2/c1-10-12(7-23-11(2)15(10)29-6)8-27-9-13(22)14-16(21)24-19(25-17(14)27)26-18(28)20(3,4)5/h7,9H,8H2,1-6H3,(H,24,25,26,28). The summed E-state index contributed by atoms with van der Waals surface area (Å²) in [5, 5.41) is 3.82. The van der Waals surface area contributed by atoms with Crippen LogP contribution >= 0.6 is 34.2 Å². The second-order valence-corrected chi connectivity index (χ2v) is 9.39. The van der Waals surface area contributed by atoms with E-state index in [0.717, 1.165) is 31.5 Å². The normalized spacial score (nSPS) is 11.7. The van der Waals surface area contributed by atoms with Crippen molar-refractivity contribution in [3.8, 4) is 5.75 Å². The Labute approximate surface area is 188 Å². The second-order valence-electron chi connectivity index (χ2n) is 7.87. The maximum absolute atomic E-state index is 12.3. The molecule has 3 aromatic heterocycles. The van der Waals surface area contributed by atoms with E-state index in [9.17, 15) is 4.79 Å². The number of ether oxygens (including phenoxy) is 1. The topological polar surface area (TPSA) is 81.9 Å². The van der Waals surface area contributed by atoms with Crippen LogP contribution < -0.4 is 10.1 Å². The molecule has 3 aromatic rings. The molecule has 0 aliphatic rings. The molecule has 0 aliphatic heterocycles. The van der Waals surface area contributed by atoms with Crippen LogP contribution in [0.4, 0.5) is 5.95 Å². The van der Waals surface area contributed by atoms with Crippen molar-refractivity contribution >= 4 is 57.1 Å². The van der Waals surface area contributed by atoms with Crippen LogP contribution in [0, 0.1) is 22.8 Å². The zero-order valence-electron chi connectivity index (χ0n) is 17.2. The molecule has 0 radical (unpaired) electrons. The third-order valence-corrected chi connectivity index (χ3v) is 5.73. The van der Waals surface area contributed by atoms with Gasteiger partial charge in [-0.15, -0.1) is 0 Å². The highest BCUT2D eigenvalue weighted by molar-refractivity contribution is 14.1. The molecule has 0 bridgehead atoms. The fourth-order valence-electron chi connectivity index (χ4n) is 2.95. The molecule has 29 heavy (non-hydrogen) atoms. The molecular weight excluding hydrogens is 505 g/mol. The summed E-state index contributed by atoms with van der Waals surface area (Å²) in [6, 6.07) is 0. The number of nitrogens with one attached hydrogen (secondary N) is 1. The van der Waals surface area contributed by atoms with Crippen molar-refractivity contribution in [2.75, 3.05) is 12.4 Å². The third kappa shape index (κ3) is 4.32. The van der Waals surface area contributed by atoms with Crippen molar-refractivity contribution in [3.05, 3.63) is 37.9 Å². The largest absolute Gasteiger partial charge is 0.495 e. The molecule has 0 fully saturated rings. The number of pyridine rings is 1. The minimum atomic E-state index is -0.567. The van der Waals surface area contributed by atoms with Crippen LogP contribution in [0.15, 0.2) is 12.4 Å². The first-order valence-electron chi connectivity index (χ1n) is 9.05. The van der Waals surface area contributed by atoms with Gasteiger partial charge in [-0.2, -0.15) is 9.97 Å². The van der Waals surface area contributed by atoms with Gasteiger partial charge >= 0.3 is 0 Å². The van der Waals surface area contributed by atoms with Crippen molar-refractivity contribution in [2.24, 2.45) is 5.41 Å². The van der Waals surface area contributed by atoms with E-state index in [-0.39, 0.29) is 11.9 Å². The predicted molar refractivity (Wildman–Crippen MR) is 123 cm³/mol. The van der Waals surface area contributed by atoms with E-state index in [4.69, 9.17) is 16.3 Å². The third-order valence-electron chi connectivity index (χ3n) is 4.64. The Bertz CT molecular complexity index is 1100. The average Bonchev–Trinajstić information content (AvgIpc) is 2.93. The second kappa shape index (κ2) is 8.06. The Balaban J connectivity index is 2.07. The number of aryl methyl sites for hydroxylation is 1. The monoisotopic (exact) mass is 527 g/mol. The number of hydrogen-bond acceptors (Lipinski definition) is 5. The van der Waals surface area contributed by atoms with Crippen LogP contribution in [0.1, 0.15) is 37.6 Å². The quantitative estimate of drug-likeness (QED) is 0.391. The van der Waals surface area contributed by atoms with Gasteiger partial charge in [-0.3, -0.25) is 15.1 Å². The molecule has 7 nitrogen and oxygen atoms in total. The van der Waals surface area contributed by atoms with Crippen LogP contribution in [0.25, 0.3) is 11.0 Å². The summed E-state index contributed by atoms with van der Waals surface area (Å²) in [7, 11) is 1.64. The van der Waals surface area contributed by atoms with E-state index in [1.807, 2.05) is 51.6 Å². The highest BCUT2D eigenvalue weighted by Gasteiger charge is 2.23. The smallest absolute Gasteiger partial charge is 0.232 e. The van der Waals surface area contributed by atoms with Crippen molar-refractivity contribution in [1.29, 1.82) is 0 Å². The number of halogens is 2. The number of hydrogen-bond donors (Lipinski definition) is 1. The summed E-state index contributed by atoms with van der Waals surface area (Å²) in [6.45, 7) is 9.95. The fourth-order valence-corrected chi connectivity index (χ4v) is 4.21. The number of carbonyl (C=O) groups is 1. The maximum atomic E-state index is 12.3. The molecule has 154 valence electrons. The minimum Gasteiger partial charge on any atom is -0.495 e.